The Morgan fingerprint density at radius 1 is 1.41 bits per heavy atom. The highest BCUT2D eigenvalue weighted by molar-refractivity contribution is 5.97. The SMILES string of the molecule is N=C(N)c1nccnc1NCC1CC(CO)C1. The Kier molecular flexibility index (Phi) is 3.53. The summed E-state index contributed by atoms with van der Waals surface area (Å²) < 4.78 is 0. The molecule has 0 aromatic carbocycles. The monoisotopic (exact) mass is 235 g/mol. The second-order valence-corrected chi connectivity index (χ2v) is 4.43. The number of nitrogens with one attached hydrogen (secondary N) is 2. The number of hydrogen-bond donors (Lipinski definition) is 4. The minimum Gasteiger partial charge on any atom is -0.396 e. The van der Waals surface area contributed by atoms with Crippen molar-refractivity contribution in [3.05, 3.63) is 18.1 Å². The van der Waals surface area contributed by atoms with Gasteiger partial charge in [-0.05, 0) is 24.7 Å². The van der Waals surface area contributed by atoms with Crippen molar-refractivity contribution in [1.82, 2.24) is 9.97 Å². The first kappa shape index (κ1) is 11.8. The van der Waals surface area contributed by atoms with Crippen LogP contribution in [0.25, 0.3) is 0 Å². The molecule has 2 rings (SSSR count). The van der Waals surface area contributed by atoms with Crippen molar-refractivity contribution in [2.24, 2.45) is 17.6 Å². The van der Waals surface area contributed by atoms with Crippen LogP contribution in [0.5, 0.6) is 0 Å². The molecule has 1 aliphatic carbocycles. The summed E-state index contributed by atoms with van der Waals surface area (Å²) >= 11 is 0. The van der Waals surface area contributed by atoms with Crippen LogP contribution >= 0.6 is 0 Å². The highest BCUT2D eigenvalue weighted by Crippen LogP contribution is 2.33. The van der Waals surface area contributed by atoms with Crippen LogP contribution in [0, 0.1) is 17.2 Å². The van der Waals surface area contributed by atoms with Gasteiger partial charge in [-0.2, -0.15) is 0 Å². The summed E-state index contributed by atoms with van der Waals surface area (Å²) in [4.78, 5) is 8.14. The fourth-order valence-electron chi connectivity index (χ4n) is 2.10. The summed E-state index contributed by atoms with van der Waals surface area (Å²) in [6.07, 6.45) is 5.18. The van der Waals surface area contributed by atoms with Crippen LogP contribution in [-0.2, 0) is 0 Å². The average Bonchev–Trinajstić information content (AvgIpc) is 2.27. The van der Waals surface area contributed by atoms with E-state index < -0.39 is 0 Å². The van der Waals surface area contributed by atoms with Gasteiger partial charge in [0.1, 0.15) is 11.5 Å². The van der Waals surface area contributed by atoms with Gasteiger partial charge >= 0.3 is 0 Å². The van der Waals surface area contributed by atoms with Crippen LogP contribution in [0.4, 0.5) is 5.82 Å². The van der Waals surface area contributed by atoms with Gasteiger partial charge < -0.3 is 16.2 Å². The fourth-order valence-corrected chi connectivity index (χ4v) is 2.10. The van der Waals surface area contributed by atoms with Gasteiger partial charge in [-0.25, -0.2) is 9.97 Å². The van der Waals surface area contributed by atoms with E-state index in [1.54, 1.807) is 6.20 Å². The number of amidine groups is 1. The van der Waals surface area contributed by atoms with Crippen molar-refractivity contribution in [3.8, 4) is 0 Å². The maximum Gasteiger partial charge on any atom is 0.155 e. The lowest BCUT2D eigenvalue weighted by molar-refractivity contribution is 0.114. The van der Waals surface area contributed by atoms with E-state index in [1.807, 2.05) is 0 Å². The topological polar surface area (TPSA) is 108 Å². The summed E-state index contributed by atoms with van der Waals surface area (Å²) in [6.45, 7) is 1.07. The predicted molar refractivity (Wildman–Crippen MR) is 64.8 cm³/mol. The van der Waals surface area contributed by atoms with E-state index in [4.69, 9.17) is 16.2 Å². The number of aliphatic hydroxyl groups is 1. The molecule has 6 heteroatoms. The van der Waals surface area contributed by atoms with Crippen LogP contribution in [0.2, 0.25) is 0 Å². The van der Waals surface area contributed by atoms with Crippen molar-refractivity contribution in [1.29, 1.82) is 5.41 Å². The molecule has 1 aromatic rings. The van der Waals surface area contributed by atoms with Crippen LogP contribution in [0.3, 0.4) is 0 Å². The second-order valence-electron chi connectivity index (χ2n) is 4.43. The summed E-state index contributed by atoms with van der Waals surface area (Å²) in [5, 5.41) is 19.5. The minimum absolute atomic E-state index is 0.0811. The third-order valence-corrected chi connectivity index (χ3v) is 3.10. The van der Waals surface area contributed by atoms with Gasteiger partial charge in [0, 0.05) is 25.5 Å². The number of anilines is 1. The number of hydrogen-bond acceptors (Lipinski definition) is 5. The zero-order valence-electron chi connectivity index (χ0n) is 9.56. The third kappa shape index (κ3) is 2.71. The Morgan fingerprint density at radius 2 is 2.12 bits per heavy atom. The molecule has 92 valence electrons. The molecular weight excluding hydrogens is 218 g/mol. The lowest BCUT2D eigenvalue weighted by atomic mass is 9.75. The van der Waals surface area contributed by atoms with E-state index in [2.05, 4.69) is 15.3 Å². The summed E-state index contributed by atoms with van der Waals surface area (Å²) in [6, 6.07) is 0. The third-order valence-electron chi connectivity index (χ3n) is 3.10. The van der Waals surface area contributed by atoms with Gasteiger partial charge in [-0.15, -0.1) is 0 Å². The molecule has 0 spiro atoms. The Hall–Kier alpha value is -1.69. The molecule has 1 fully saturated rings. The lowest BCUT2D eigenvalue weighted by Gasteiger charge is -2.34. The number of aliphatic hydroxyl groups excluding tert-OH is 1. The number of rotatable bonds is 5. The van der Waals surface area contributed by atoms with Gasteiger partial charge in [0.15, 0.2) is 5.82 Å². The van der Waals surface area contributed by atoms with Gasteiger partial charge in [-0.1, -0.05) is 0 Å². The van der Waals surface area contributed by atoms with E-state index in [9.17, 15) is 0 Å². The Balaban J connectivity index is 1.89. The molecule has 0 unspecified atom stereocenters. The number of nitrogen functional groups attached to an aromatic ring is 1. The summed E-state index contributed by atoms with van der Waals surface area (Å²) in [7, 11) is 0. The number of nitrogens with zero attached hydrogens (tertiary/aromatic N) is 2. The predicted octanol–water partition coefficient (Wildman–Crippen LogP) is 0.191. The van der Waals surface area contributed by atoms with E-state index in [1.165, 1.54) is 6.20 Å². The number of nitrogens with two attached hydrogens (primary N) is 1. The molecule has 5 N–H and O–H groups in total. The lowest BCUT2D eigenvalue weighted by Crippen LogP contribution is -2.32. The maximum atomic E-state index is 8.92. The molecule has 0 aliphatic heterocycles. The maximum absolute atomic E-state index is 8.92. The fraction of sp³-hybridized carbons (Fsp3) is 0.545. The zero-order chi connectivity index (χ0) is 12.3. The first-order valence-corrected chi connectivity index (χ1v) is 5.70. The molecule has 1 saturated carbocycles. The Morgan fingerprint density at radius 3 is 2.76 bits per heavy atom. The Labute approximate surface area is 99.8 Å². The standard InChI is InChI=1S/C11H17N5O/c12-10(13)9-11(15-2-1-14-9)16-5-7-3-8(4-7)6-17/h1-2,7-8,17H,3-6H2,(H3,12,13)(H,15,16). The van der Waals surface area contributed by atoms with Crippen molar-refractivity contribution < 1.29 is 5.11 Å². The average molecular weight is 235 g/mol. The molecule has 1 heterocycles. The Bertz CT molecular complexity index is 403. The zero-order valence-corrected chi connectivity index (χ0v) is 9.56. The highest BCUT2D eigenvalue weighted by atomic mass is 16.3. The van der Waals surface area contributed by atoms with Crippen LogP contribution < -0.4 is 11.1 Å². The summed E-state index contributed by atoms with van der Waals surface area (Å²) in [5.41, 5.74) is 5.81. The van der Waals surface area contributed by atoms with Crippen molar-refractivity contribution >= 4 is 11.7 Å². The second kappa shape index (κ2) is 5.09. The molecule has 17 heavy (non-hydrogen) atoms. The molecule has 1 aromatic heterocycles. The molecule has 6 nitrogen and oxygen atoms in total. The van der Waals surface area contributed by atoms with Gasteiger partial charge in [-0.3, -0.25) is 5.41 Å². The van der Waals surface area contributed by atoms with E-state index in [-0.39, 0.29) is 12.4 Å². The molecule has 0 amide bonds. The molecular formula is C11H17N5O. The molecule has 0 saturated heterocycles. The number of aromatic nitrogens is 2. The normalized spacial score (nSPS) is 22.9. The summed E-state index contributed by atoms with van der Waals surface area (Å²) in [5.74, 6) is 1.50. The highest BCUT2D eigenvalue weighted by Gasteiger charge is 2.28. The van der Waals surface area contributed by atoms with Gasteiger partial charge in [0.05, 0.1) is 0 Å². The smallest absolute Gasteiger partial charge is 0.155 e. The van der Waals surface area contributed by atoms with Gasteiger partial charge in [0.2, 0.25) is 0 Å². The van der Waals surface area contributed by atoms with Crippen LogP contribution in [0.1, 0.15) is 18.5 Å². The largest absolute Gasteiger partial charge is 0.396 e. The van der Waals surface area contributed by atoms with Gasteiger partial charge in [0.25, 0.3) is 0 Å². The quantitative estimate of drug-likeness (QED) is 0.430. The van der Waals surface area contributed by atoms with Crippen molar-refractivity contribution in [2.75, 3.05) is 18.5 Å². The first-order valence-electron chi connectivity index (χ1n) is 5.70. The molecule has 0 atom stereocenters. The van der Waals surface area contributed by atoms with E-state index in [0.717, 1.165) is 19.4 Å². The molecule has 0 bridgehead atoms. The van der Waals surface area contributed by atoms with Crippen molar-refractivity contribution in [3.63, 3.8) is 0 Å². The molecule has 0 radical (unpaired) electrons. The first-order chi connectivity index (χ1) is 8.20. The van der Waals surface area contributed by atoms with E-state index >= 15 is 0 Å². The van der Waals surface area contributed by atoms with E-state index in [0.29, 0.717) is 23.3 Å². The minimum atomic E-state index is -0.0811. The van der Waals surface area contributed by atoms with Crippen LogP contribution in [0.15, 0.2) is 12.4 Å². The van der Waals surface area contributed by atoms with Crippen LogP contribution in [-0.4, -0.2) is 34.1 Å². The molecule has 1 aliphatic rings. The van der Waals surface area contributed by atoms with Crippen molar-refractivity contribution in [2.45, 2.75) is 12.8 Å².